The van der Waals surface area contributed by atoms with E-state index in [9.17, 15) is 13.2 Å². The second kappa shape index (κ2) is 8.39. The maximum atomic E-state index is 12.6. The summed E-state index contributed by atoms with van der Waals surface area (Å²) in [5, 5.41) is 2.15. The average Bonchev–Trinajstić information content (AvgIpc) is 2.70. The number of hydrogen-bond donors (Lipinski definition) is 2. The molecule has 1 fully saturated rings. The molecule has 0 saturated carbocycles. The van der Waals surface area contributed by atoms with Crippen LogP contribution >= 0.6 is 24.0 Å². The fourth-order valence-corrected chi connectivity index (χ4v) is 4.93. The molecule has 3 rings (SSSR count). The molecule has 1 saturated heterocycles. The molecule has 2 atom stereocenters. The van der Waals surface area contributed by atoms with Crippen molar-refractivity contribution >= 4 is 39.8 Å². The molecule has 0 radical (unpaired) electrons. The molecule has 0 spiro atoms. The highest BCUT2D eigenvalue weighted by molar-refractivity contribution is 7.92. The molecule has 140 valence electrons. The fourth-order valence-electron chi connectivity index (χ4n) is 3.00. The quantitative estimate of drug-likeness (QED) is 0.807. The predicted molar refractivity (Wildman–Crippen MR) is 106 cm³/mol. The Labute approximate surface area is 164 Å². The predicted octanol–water partition coefficient (Wildman–Crippen LogP) is 2.73. The van der Waals surface area contributed by atoms with E-state index in [2.05, 4.69) is 5.32 Å². The number of nitrogens with two attached hydrogens (primary N) is 1. The van der Waals surface area contributed by atoms with Crippen LogP contribution in [-0.4, -0.2) is 32.7 Å². The Morgan fingerprint density at radius 3 is 2.46 bits per heavy atom. The number of benzene rings is 2. The van der Waals surface area contributed by atoms with Crippen molar-refractivity contribution in [2.45, 2.75) is 17.7 Å². The minimum Gasteiger partial charge on any atom is -0.351 e. The van der Waals surface area contributed by atoms with Crippen molar-refractivity contribution in [1.82, 2.24) is 5.32 Å². The Morgan fingerprint density at radius 1 is 1.12 bits per heavy atom. The Morgan fingerprint density at radius 2 is 1.81 bits per heavy atom. The number of carbonyl (C=O) groups is 1. The highest BCUT2D eigenvalue weighted by Crippen LogP contribution is 2.30. The lowest BCUT2D eigenvalue weighted by Gasteiger charge is -2.16. The second-order valence-corrected chi connectivity index (χ2v) is 8.75. The molecule has 8 heteroatoms. The number of nitrogens with one attached hydrogen (secondary N) is 1. The van der Waals surface area contributed by atoms with Gasteiger partial charge in [-0.3, -0.25) is 4.79 Å². The molecule has 1 amide bonds. The summed E-state index contributed by atoms with van der Waals surface area (Å²) in [6.07, 6.45) is 0.331. The molecule has 26 heavy (non-hydrogen) atoms. The van der Waals surface area contributed by atoms with Crippen molar-refractivity contribution in [3.05, 3.63) is 59.1 Å². The minimum absolute atomic E-state index is 0. The molecular formula is C18H20Cl2N2O3S. The van der Waals surface area contributed by atoms with E-state index in [1.807, 2.05) is 18.2 Å². The van der Waals surface area contributed by atoms with Crippen molar-refractivity contribution in [2.75, 3.05) is 12.3 Å². The van der Waals surface area contributed by atoms with Gasteiger partial charge in [0.05, 0.1) is 5.75 Å². The lowest BCUT2D eigenvalue weighted by Crippen LogP contribution is -2.41. The van der Waals surface area contributed by atoms with Gasteiger partial charge in [-0.05, 0) is 41.3 Å². The molecule has 1 aliphatic heterocycles. The number of amides is 1. The van der Waals surface area contributed by atoms with E-state index in [4.69, 9.17) is 17.3 Å². The van der Waals surface area contributed by atoms with Crippen LogP contribution in [0.25, 0.3) is 11.1 Å². The lowest BCUT2D eigenvalue weighted by molar-refractivity contribution is -0.121. The van der Waals surface area contributed by atoms with Crippen LogP contribution in [0.5, 0.6) is 0 Å². The van der Waals surface area contributed by atoms with E-state index in [-0.39, 0.29) is 30.7 Å². The SMILES string of the molecule is Cl.NC[C@@H]1CCS(=O)(=O)[C@H](c2cccc(-c3ccc(Cl)cc3)c2)C(=O)N1. The first-order valence-corrected chi connectivity index (χ1v) is 10.1. The first-order valence-electron chi connectivity index (χ1n) is 7.98. The maximum Gasteiger partial charge on any atom is 0.243 e. The Kier molecular flexibility index (Phi) is 6.69. The number of carbonyl (C=O) groups excluding carboxylic acids is 1. The number of hydrogen-bond acceptors (Lipinski definition) is 4. The summed E-state index contributed by atoms with van der Waals surface area (Å²) >= 11 is 5.91. The van der Waals surface area contributed by atoms with Gasteiger partial charge in [0.25, 0.3) is 0 Å². The third-order valence-electron chi connectivity index (χ3n) is 4.35. The van der Waals surface area contributed by atoms with Crippen molar-refractivity contribution in [2.24, 2.45) is 5.73 Å². The summed E-state index contributed by atoms with van der Waals surface area (Å²) in [7, 11) is -3.60. The van der Waals surface area contributed by atoms with E-state index < -0.39 is 21.0 Å². The Balaban J connectivity index is 0.00000243. The van der Waals surface area contributed by atoms with Crippen LogP contribution < -0.4 is 11.1 Å². The first-order chi connectivity index (χ1) is 11.9. The van der Waals surface area contributed by atoms with E-state index in [0.29, 0.717) is 17.0 Å². The summed E-state index contributed by atoms with van der Waals surface area (Å²) in [6, 6.07) is 14.0. The average molecular weight is 415 g/mol. The van der Waals surface area contributed by atoms with Crippen LogP contribution in [0.15, 0.2) is 48.5 Å². The van der Waals surface area contributed by atoms with Crippen LogP contribution in [0, 0.1) is 0 Å². The summed E-state index contributed by atoms with van der Waals surface area (Å²) in [5.74, 6) is -0.579. The van der Waals surface area contributed by atoms with E-state index in [1.165, 1.54) is 0 Å². The highest BCUT2D eigenvalue weighted by Gasteiger charge is 2.38. The number of halogens is 2. The second-order valence-electron chi connectivity index (χ2n) is 6.11. The fraction of sp³-hybridized carbons (Fsp3) is 0.278. The van der Waals surface area contributed by atoms with Gasteiger partial charge in [0.1, 0.15) is 0 Å². The van der Waals surface area contributed by atoms with Crippen molar-refractivity contribution in [1.29, 1.82) is 0 Å². The summed E-state index contributed by atoms with van der Waals surface area (Å²) in [5.41, 5.74) is 7.79. The minimum atomic E-state index is -3.60. The monoisotopic (exact) mass is 414 g/mol. The van der Waals surface area contributed by atoms with Gasteiger partial charge in [-0.25, -0.2) is 8.42 Å². The van der Waals surface area contributed by atoms with Crippen LogP contribution in [0.3, 0.4) is 0 Å². The van der Waals surface area contributed by atoms with Gasteiger partial charge < -0.3 is 11.1 Å². The zero-order valence-corrected chi connectivity index (χ0v) is 16.3. The normalized spacial score (nSPS) is 22.0. The van der Waals surface area contributed by atoms with Gasteiger partial charge in [0.15, 0.2) is 15.1 Å². The molecular weight excluding hydrogens is 395 g/mol. The van der Waals surface area contributed by atoms with E-state index in [0.717, 1.165) is 11.1 Å². The molecule has 0 aromatic heterocycles. The molecule has 0 unspecified atom stereocenters. The molecule has 0 aliphatic carbocycles. The van der Waals surface area contributed by atoms with E-state index in [1.54, 1.807) is 30.3 Å². The zero-order chi connectivity index (χ0) is 18.0. The molecule has 2 aromatic rings. The summed E-state index contributed by atoms with van der Waals surface area (Å²) < 4.78 is 25.3. The Hall–Kier alpha value is -1.60. The molecule has 1 heterocycles. The molecule has 2 aromatic carbocycles. The van der Waals surface area contributed by atoms with Gasteiger partial charge in [-0.1, -0.05) is 41.9 Å². The lowest BCUT2D eigenvalue weighted by atomic mass is 10.0. The summed E-state index contributed by atoms with van der Waals surface area (Å²) in [6.45, 7) is 0.221. The molecule has 3 N–H and O–H groups in total. The van der Waals surface area contributed by atoms with Gasteiger partial charge in [-0.2, -0.15) is 0 Å². The third-order valence-corrected chi connectivity index (χ3v) is 6.61. The highest BCUT2D eigenvalue weighted by atomic mass is 35.5. The molecule has 0 bridgehead atoms. The van der Waals surface area contributed by atoms with Crippen LogP contribution in [0.1, 0.15) is 17.2 Å². The van der Waals surface area contributed by atoms with Crippen molar-refractivity contribution in [3.63, 3.8) is 0 Å². The van der Waals surface area contributed by atoms with Crippen LogP contribution in [0.2, 0.25) is 5.02 Å². The smallest absolute Gasteiger partial charge is 0.243 e. The standard InChI is InChI=1S/C18H19ClN2O3S.ClH/c19-15-6-4-12(5-7-15)13-2-1-3-14(10-13)17-18(22)21-16(11-20)8-9-25(17,23)24;/h1-7,10,16-17H,8-9,11,20H2,(H,21,22);1H/t16-,17+;/m0./s1. The first kappa shape index (κ1) is 20.7. The largest absolute Gasteiger partial charge is 0.351 e. The van der Waals surface area contributed by atoms with Gasteiger partial charge in [0.2, 0.25) is 5.91 Å². The number of sulfone groups is 1. The van der Waals surface area contributed by atoms with Crippen molar-refractivity contribution < 1.29 is 13.2 Å². The summed E-state index contributed by atoms with van der Waals surface area (Å²) in [4.78, 5) is 12.5. The van der Waals surface area contributed by atoms with Crippen molar-refractivity contribution in [3.8, 4) is 11.1 Å². The third kappa shape index (κ3) is 4.38. The van der Waals surface area contributed by atoms with Gasteiger partial charge in [-0.15, -0.1) is 12.4 Å². The topological polar surface area (TPSA) is 89.3 Å². The van der Waals surface area contributed by atoms with Gasteiger partial charge >= 0.3 is 0 Å². The van der Waals surface area contributed by atoms with Gasteiger partial charge in [0, 0.05) is 17.6 Å². The number of rotatable bonds is 3. The van der Waals surface area contributed by atoms with Crippen LogP contribution in [0.4, 0.5) is 0 Å². The Bertz CT molecular complexity index is 886. The molecule has 5 nitrogen and oxygen atoms in total. The van der Waals surface area contributed by atoms with Crippen LogP contribution in [-0.2, 0) is 14.6 Å². The molecule has 1 aliphatic rings. The zero-order valence-electron chi connectivity index (χ0n) is 13.9. The maximum absolute atomic E-state index is 12.6. The van der Waals surface area contributed by atoms with E-state index >= 15 is 0 Å².